The molecule has 1 saturated carbocycles. The van der Waals surface area contributed by atoms with Gasteiger partial charge in [-0.25, -0.2) is 0 Å². The van der Waals surface area contributed by atoms with E-state index in [9.17, 15) is 4.79 Å². The van der Waals surface area contributed by atoms with Gasteiger partial charge in [-0.3, -0.25) is 9.69 Å². The van der Waals surface area contributed by atoms with Gasteiger partial charge in [0.05, 0.1) is 26.2 Å². The van der Waals surface area contributed by atoms with Crippen molar-refractivity contribution >= 4 is 5.97 Å². The molecule has 0 N–H and O–H groups in total. The van der Waals surface area contributed by atoms with Crippen LogP contribution in [0.15, 0.2) is 0 Å². The molecule has 0 aromatic rings. The first kappa shape index (κ1) is 15.8. The van der Waals surface area contributed by atoms with Crippen LogP contribution in [0.1, 0.15) is 46.0 Å². The van der Waals surface area contributed by atoms with Gasteiger partial charge in [-0.05, 0) is 31.6 Å². The van der Waals surface area contributed by atoms with Gasteiger partial charge in [-0.1, -0.05) is 19.8 Å². The molecule has 0 radical (unpaired) electrons. The molecule has 0 amide bonds. The SMILES string of the molecule is CCOC(=O)CC(C1CCC(C)CC1)N1CCOCC1. The average Bonchev–Trinajstić information content (AvgIpc) is 2.47. The third-order valence-corrected chi connectivity index (χ3v) is 4.80. The first-order valence-corrected chi connectivity index (χ1v) is 8.18. The van der Waals surface area contributed by atoms with E-state index in [1.165, 1.54) is 25.7 Å². The van der Waals surface area contributed by atoms with Crippen LogP contribution >= 0.6 is 0 Å². The van der Waals surface area contributed by atoms with Crippen molar-refractivity contribution in [2.45, 2.75) is 52.0 Å². The van der Waals surface area contributed by atoms with Crippen LogP contribution in [0, 0.1) is 11.8 Å². The summed E-state index contributed by atoms with van der Waals surface area (Å²) in [5, 5.41) is 0. The molecular weight excluding hydrogens is 254 g/mol. The van der Waals surface area contributed by atoms with Gasteiger partial charge in [0.2, 0.25) is 0 Å². The zero-order valence-corrected chi connectivity index (χ0v) is 13.0. The van der Waals surface area contributed by atoms with E-state index >= 15 is 0 Å². The average molecular weight is 283 g/mol. The second-order valence-electron chi connectivity index (χ2n) is 6.24. The van der Waals surface area contributed by atoms with E-state index in [-0.39, 0.29) is 5.97 Å². The van der Waals surface area contributed by atoms with Gasteiger partial charge in [0, 0.05) is 19.1 Å². The second kappa shape index (κ2) is 7.99. The van der Waals surface area contributed by atoms with E-state index in [4.69, 9.17) is 9.47 Å². The Kier molecular flexibility index (Phi) is 6.30. The lowest BCUT2D eigenvalue weighted by molar-refractivity contribution is -0.146. The number of carbonyl (C=O) groups excluding carboxylic acids is 1. The fraction of sp³-hybridized carbons (Fsp3) is 0.938. The molecule has 1 aliphatic carbocycles. The molecule has 1 unspecified atom stereocenters. The molecule has 1 atom stereocenters. The van der Waals surface area contributed by atoms with E-state index in [0.29, 0.717) is 25.0 Å². The van der Waals surface area contributed by atoms with Gasteiger partial charge in [0.25, 0.3) is 0 Å². The topological polar surface area (TPSA) is 38.8 Å². The normalized spacial score (nSPS) is 29.9. The quantitative estimate of drug-likeness (QED) is 0.727. The number of morpholine rings is 1. The predicted octanol–water partition coefficient (Wildman–Crippen LogP) is 2.47. The van der Waals surface area contributed by atoms with Crippen molar-refractivity contribution in [1.29, 1.82) is 0 Å². The zero-order chi connectivity index (χ0) is 14.4. The molecule has 1 heterocycles. The van der Waals surface area contributed by atoms with E-state index in [1.54, 1.807) is 0 Å². The highest BCUT2D eigenvalue weighted by atomic mass is 16.5. The molecule has 2 rings (SSSR count). The first-order chi connectivity index (χ1) is 9.70. The lowest BCUT2D eigenvalue weighted by atomic mass is 9.78. The Bertz CT molecular complexity index is 294. The van der Waals surface area contributed by atoms with Crippen LogP contribution in [0.3, 0.4) is 0 Å². The molecule has 2 aliphatic rings. The van der Waals surface area contributed by atoms with Crippen molar-refractivity contribution in [2.24, 2.45) is 11.8 Å². The van der Waals surface area contributed by atoms with Crippen LogP contribution in [0.25, 0.3) is 0 Å². The third-order valence-electron chi connectivity index (χ3n) is 4.80. The predicted molar refractivity (Wildman–Crippen MR) is 78.6 cm³/mol. The van der Waals surface area contributed by atoms with E-state index < -0.39 is 0 Å². The molecular formula is C16H29NO3. The smallest absolute Gasteiger partial charge is 0.307 e. The summed E-state index contributed by atoms with van der Waals surface area (Å²) < 4.78 is 10.6. The Balaban J connectivity index is 1.96. The van der Waals surface area contributed by atoms with Crippen LogP contribution < -0.4 is 0 Å². The summed E-state index contributed by atoms with van der Waals surface area (Å²) >= 11 is 0. The van der Waals surface area contributed by atoms with Crippen LogP contribution in [-0.2, 0) is 14.3 Å². The van der Waals surface area contributed by atoms with Crippen LogP contribution in [0.5, 0.6) is 0 Å². The van der Waals surface area contributed by atoms with Gasteiger partial charge in [0.1, 0.15) is 0 Å². The van der Waals surface area contributed by atoms with E-state index in [1.807, 2.05) is 6.92 Å². The maximum absolute atomic E-state index is 11.9. The number of carbonyl (C=O) groups is 1. The Morgan fingerprint density at radius 2 is 1.90 bits per heavy atom. The zero-order valence-electron chi connectivity index (χ0n) is 13.0. The summed E-state index contributed by atoms with van der Waals surface area (Å²) in [6.45, 7) is 8.20. The van der Waals surface area contributed by atoms with Crippen molar-refractivity contribution in [2.75, 3.05) is 32.9 Å². The maximum atomic E-state index is 11.9. The first-order valence-electron chi connectivity index (χ1n) is 8.18. The summed E-state index contributed by atoms with van der Waals surface area (Å²) in [4.78, 5) is 14.4. The van der Waals surface area contributed by atoms with E-state index in [0.717, 1.165) is 32.2 Å². The molecule has 4 heteroatoms. The van der Waals surface area contributed by atoms with Gasteiger partial charge in [-0.2, -0.15) is 0 Å². The standard InChI is InChI=1S/C16H29NO3/c1-3-20-16(18)12-15(17-8-10-19-11-9-17)14-6-4-13(2)5-7-14/h13-15H,3-12H2,1-2H3. The molecule has 0 spiro atoms. The van der Waals surface area contributed by atoms with E-state index in [2.05, 4.69) is 11.8 Å². The highest BCUT2D eigenvalue weighted by Gasteiger charge is 2.33. The monoisotopic (exact) mass is 283 g/mol. The lowest BCUT2D eigenvalue weighted by Gasteiger charge is -2.41. The molecule has 4 nitrogen and oxygen atoms in total. The minimum absolute atomic E-state index is 0.0392. The van der Waals surface area contributed by atoms with Gasteiger partial charge in [0.15, 0.2) is 0 Å². The third kappa shape index (κ3) is 4.45. The molecule has 1 aliphatic heterocycles. The molecule has 116 valence electrons. The Morgan fingerprint density at radius 3 is 2.50 bits per heavy atom. The van der Waals surface area contributed by atoms with Crippen LogP contribution in [0.2, 0.25) is 0 Å². The van der Waals surface area contributed by atoms with Crippen LogP contribution in [0.4, 0.5) is 0 Å². The van der Waals surface area contributed by atoms with Crippen molar-refractivity contribution in [3.8, 4) is 0 Å². The summed E-state index contributed by atoms with van der Waals surface area (Å²) in [6.07, 6.45) is 5.65. The number of nitrogens with zero attached hydrogens (tertiary/aromatic N) is 1. The van der Waals surface area contributed by atoms with Crippen molar-refractivity contribution in [3.05, 3.63) is 0 Å². The van der Waals surface area contributed by atoms with Crippen molar-refractivity contribution in [1.82, 2.24) is 4.90 Å². The minimum atomic E-state index is -0.0392. The number of rotatable bonds is 5. The molecule has 1 saturated heterocycles. The molecule has 0 aromatic heterocycles. The number of esters is 1. The fourth-order valence-electron chi connectivity index (χ4n) is 3.56. The van der Waals surface area contributed by atoms with Gasteiger partial charge < -0.3 is 9.47 Å². The summed E-state index contributed by atoms with van der Waals surface area (Å²) in [6, 6.07) is 0.352. The lowest BCUT2D eigenvalue weighted by Crippen LogP contribution is -2.48. The van der Waals surface area contributed by atoms with Crippen LogP contribution in [-0.4, -0.2) is 49.8 Å². The summed E-state index contributed by atoms with van der Waals surface area (Å²) in [5.74, 6) is 1.45. The Hall–Kier alpha value is -0.610. The Labute approximate surface area is 122 Å². The van der Waals surface area contributed by atoms with Gasteiger partial charge in [-0.15, -0.1) is 0 Å². The highest BCUT2D eigenvalue weighted by molar-refractivity contribution is 5.70. The highest BCUT2D eigenvalue weighted by Crippen LogP contribution is 2.34. The minimum Gasteiger partial charge on any atom is -0.466 e. The maximum Gasteiger partial charge on any atom is 0.307 e. The summed E-state index contributed by atoms with van der Waals surface area (Å²) in [7, 11) is 0. The molecule has 0 aromatic carbocycles. The molecule has 0 bridgehead atoms. The largest absolute Gasteiger partial charge is 0.466 e. The second-order valence-corrected chi connectivity index (χ2v) is 6.24. The van der Waals surface area contributed by atoms with Crippen molar-refractivity contribution < 1.29 is 14.3 Å². The number of hydrogen-bond acceptors (Lipinski definition) is 4. The van der Waals surface area contributed by atoms with Gasteiger partial charge >= 0.3 is 5.97 Å². The molecule has 20 heavy (non-hydrogen) atoms. The Morgan fingerprint density at radius 1 is 1.25 bits per heavy atom. The fourth-order valence-corrected chi connectivity index (χ4v) is 3.56. The summed E-state index contributed by atoms with van der Waals surface area (Å²) in [5.41, 5.74) is 0. The number of hydrogen-bond donors (Lipinski definition) is 0. The number of ether oxygens (including phenoxy) is 2. The molecule has 2 fully saturated rings. The van der Waals surface area contributed by atoms with Crippen molar-refractivity contribution in [3.63, 3.8) is 0 Å².